The number of hydrogen-bond acceptors (Lipinski definition) is 3. The third kappa shape index (κ3) is 1.61. The number of aliphatic hydroxyl groups excluding tert-OH is 1. The first-order valence-corrected chi connectivity index (χ1v) is 5.21. The highest BCUT2D eigenvalue weighted by atomic mass is 16.3. The van der Waals surface area contributed by atoms with Gasteiger partial charge in [0.2, 0.25) is 0 Å². The van der Waals surface area contributed by atoms with Crippen LogP contribution < -0.4 is 0 Å². The lowest BCUT2D eigenvalue weighted by Gasteiger charge is -2.08. The minimum absolute atomic E-state index is 0.0889. The first-order chi connectivity index (χ1) is 7.65. The van der Waals surface area contributed by atoms with Gasteiger partial charge in [0.15, 0.2) is 11.6 Å². The van der Waals surface area contributed by atoms with Gasteiger partial charge in [-0.1, -0.05) is 18.2 Å². The molecular formula is C12H15N3O. The number of rotatable bonds is 2. The molecule has 4 nitrogen and oxygen atoms in total. The second-order valence-corrected chi connectivity index (χ2v) is 3.92. The molecule has 0 spiro atoms. The van der Waals surface area contributed by atoms with Crippen LogP contribution in [0.25, 0.3) is 11.4 Å². The molecule has 2 rings (SSSR count). The summed E-state index contributed by atoms with van der Waals surface area (Å²) >= 11 is 0. The normalized spacial score (nSPS) is 10.8. The average molecular weight is 217 g/mol. The van der Waals surface area contributed by atoms with E-state index in [2.05, 4.69) is 36.2 Å². The van der Waals surface area contributed by atoms with E-state index in [1.54, 1.807) is 0 Å². The van der Waals surface area contributed by atoms with Crippen LogP contribution in [0.2, 0.25) is 0 Å². The molecule has 1 N–H and O–H groups in total. The van der Waals surface area contributed by atoms with Crippen LogP contribution in [0.5, 0.6) is 0 Å². The van der Waals surface area contributed by atoms with Gasteiger partial charge in [-0.15, -0.1) is 10.2 Å². The summed E-state index contributed by atoms with van der Waals surface area (Å²) in [6.07, 6.45) is 0. The van der Waals surface area contributed by atoms with Gasteiger partial charge < -0.3 is 9.67 Å². The zero-order valence-electron chi connectivity index (χ0n) is 9.73. The van der Waals surface area contributed by atoms with Crippen molar-refractivity contribution in [2.45, 2.75) is 20.5 Å². The van der Waals surface area contributed by atoms with Gasteiger partial charge in [0.05, 0.1) is 0 Å². The average Bonchev–Trinajstić information content (AvgIpc) is 2.60. The fraction of sp³-hybridized carbons (Fsp3) is 0.333. The van der Waals surface area contributed by atoms with Crippen LogP contribution in [0.3, 0.4) is 0 Å². The Kier molecular flexibility index (Phi) is 2.75. The lowest BCUT2D eigenvalue weighted by molar-refractivity contribution is 0.267. The Morgan fingerprint density at radius 2 is 1.81 bits per heavy atom. The van der Waals surface area contributed by atoms with Crippen molar-refractivity contribution in [2.75, 3.05) is 0 Å². The van der Waals surface area contributed by atoms with Crippen molar-refractivity contribution in [3.63, 3.8) is 0 Å². The van der Waals surface area contributed by atoms with Gasteiger partial charge in [0.1, 0.15) is 6.61 Å². The van der Waals surface area contributed by atoms with E-state index >= 15 is 0 Å². The van der Waals surface area contributed by atoms with Crippen LogP contribution in [-0.2, 0) is 13.7 Å². The minimum Gasteiger partial charge on any atom is -0.388 e. The van der Waals surface area contributed by atoms with Crippen LogP contribution in [0.4, 0.5) is 0 Å². The number of hydrogen-bond donors (Lipinski definition) is 1. The van der Waals surface area contributed by atoms with Crippen molar-refractivity contribution < 1.29 is 5.11 Å². The second-order valence-electron chi connectivity index (χ2n) is 3.92. The van der Waals surface area contributed by atoms with Crippen molar-refractivity contribution in [1.82, 2.24) is 14.8 Å². The molecular weight excluding hydrogens is 202 g/mol. The molecule has 0 aliphatic heterocycles. The highest BCUT2D eigenvalue weighted by molar-refractivity contribution is 5.64. The topological polar surface area (TPSA) is 50.9 Å². The third-order valence-electron chi connectivity index (χ3n) is 2.81. The van der Waals surface area contributed by atoms with E-state index in [0.717, 1.165) is 11.4 Å². The maximum atomic E-state index is 9.09. The number of aliphatic hydroxyl groups is 1. The smallest absolute Gasteiger partial charge is 0.164 e. The fourth-order valence-electron chi connectivity index (χ4n) is 1.88. The number of benzene rings is 1. The molecule has 16 heavy (non-hydrogen) atoms. The molecule has 0 atom stereocenters. The highest BCUT2D eigenvalue weighted by Gasteiger charge is 2.13. The third-order valence-corrected chi connectivity index (χ3v) is 2.81. The minimum atomic E-state index is -0.0889. The quantitative estimate of drug-likeness (QED) is 0.831. The molecule has 4 heteroatoms. The van der Waals surface area contributed by atoms with Crippen LogP contribution in [0.15, 0.2) is 18.2 Å². The van der Waals surface area contributed by atoms with Gasteiger partial charge in [-0.25, -0.2) is 0 Å². The number of aromatic nitrogens is 3. The van der Waals surface area contributed by atoms with Crippen molar-refractivity contribution in [2.24, 2.45) is 7.05 Å². The summed E-state index contributed by atoms with van der Waals surface area (Å²) in [5, 5.41) is 17.2. The molecule has 0 amide bonds. The monoisotopic (exact) mass is 217 g/mol. The zero-order chi connectivity index (χ0) is 11.7. The molecule has 0 saturated heterocycles. The predicted octanol–water partition coefficient (Wildman–Crippen LogP) is 1.59. The van der Waals surface area contributed by atoms with Crippen LogP contribution >= 0.6 is 0 Å². The Balaban J connectivity index is 2.63. The van der Waals surface area contributed by atoms with E-state index in [0.29, 0.717) is 5.82 Å². The van der Waals surface area contributed by atoms with Crippen LogP contribution in [-0.4, -0.2) is 19.9 Å². The highest BCUT2D eigenvalue weighted by Crippen LogP contribution is 2.25. The zero-order valence-corrected chi connectivity index (χ0v) is 9.73. The fourth-order valence-corrected chi connectivity index (χ4v) is 1.88. The van der Waals surface area contributed by atoms with Crippen molar-refractivity contribution >= 4 is 0 Å². The summed E-state index contributed by atoms with van der Waals surface area (Å²) in [7, 11) is 1.87. The number of aryl methyl sites for hydroxylation is 2. The summed E-state index contributed by atoms with van der Waals surface area (Å²) in [6, 6.07) is 6.13. The number of nitrogens with zero attached hydrogens (tertiary/aromatic N) is 3. The Morgan fingerprint density at radius 3 is 2.31 bits per heavy atom. The van der Waals surface area contributed by atoms with Gasteiger partial charge >= 0.3 is 0 Å². The van der Waals surface area contributed by atoms with E-state index in [1.807, 2.05) is 17.7 Å². The molecule has 0 radical (unpaired) electrons. The summed E-state index contributed by atoms with van der Waals surface area (Å²) in [5.74, 6) is 1.39. The van der Waals surface area contributed by atoms with Gasteiger partial charge in [-0.05, 0) is 25.0 Å². The Bertz CT molecular complexity index is 497. The van der Waals surface area contributed by atoms with Gasteiger partial charge in [-0.3, -0.25) is 0 Å². The molecule has 0 unspecified atom stereocenters. The first kappa shape index (κ1) is 10.8. The molecule has 0 saturated carbocycles. The Hall–Kier alpha value is -1.68. The molecule has 1 heterocycles. The lowest BCUT2D eigenvalue weighted by atomic mass is 10.0. The van der Waals surface area contributed by atoms with E-state index < -0.39 is 0 Å². The maximum Gasteiger partial charge on any atom is 0.164 e. The molecule has 1 aromatic carbocycles. The van der Waals surface area contributed by atoms with E-state index in [-0.39, 0.29) is 6.61 Å². The molecule has 0 bridgehead atoms. The van der Waals surface area contributed by atoms with Gasteiger partial charge in [0, 0.05) is 12.6 Å². The van der Waals surface area contributed by atoms with Crippen molar-refractivity contribution in [3.05, 3.63) is 35.2 Å². The summed E-state index contributed by atoms with van der Waals surface area (Å²) in [4.78, 5) is 0. The SMILES string of the molecule is Cc1cccc(C)c1-c1nnc(CO)n1C. The molecule has 0 aliphatic rings. The Morgan fingerprint density at radius 1 is 1.19 bits per heavy atom. The molecule has 0 fully saturated rings. The largest absolute Gasteiger partial charge is 0.388 e. The standard InChI is InChI=1S/C12H15N3O/c1-8-5-4-6-9(2)11(8)12-14-13-10(7-16)15(12)3/h4-6,16H,7H2,1-3H3. The second kappa shape index (κ2) is 4.06. The molecule has 84 valence electrons. The van der Waals surface area contributed by atoms with E-state index in [4.69, 9.17) is 5.11 Å². The van der Waals surface area contributed by atoms with E-state index in [1.165, 1.54) is 11.1 Å². The maximum absolute atomic E-state index is 9.09. The van der Waals surface area contributed by atoms with Crippen LogP contribution in [0.1, 0.15) is 17.0 Å². The van der Waals surface area contributed by atoms with Gasteiger partial charge in [0.25, 0.3) is 0 Å². The predicted molar refractivity (Wildman–Crippen MR) is 61.8 cm³/mol. The van der Waals surface area contributed by atoms with E-state index in [9.17, 15) is 0 Å². The molecule has 1 aromatic heterocycles. The van der Waals surface area contributed by atoms with Gasteiger partial charge in [-0.2, -0.15) is 0 Å². The first-order valence-electron chi connectivity index (χ1n) is 5.21. The molecule has 0 aliphatic carbocycles. The van der Waals surface area contributed by atoms with Crippen molar-refractivity contribution in [1.29, 1.82) is 0 Å². The van der Waals surface area contributed by atoms with Crippen molar-refractivity contribution in [3.8, 4) is 11.4 Å². The van der Waals surface area contributed by atoms with Crippen LogP contribution in [0, 0.1) is 13.8 Å². The summed E-state index contributed by atoms with van der Waals surface area (Å²) in [5.41, 5.74) is 3.43. The molecule has 2 aromatic rings. The summed E-state index contributed by atoms with van der Waals surface area (Å²) in [6.45, 7) is 4.01. The Labute approximate surface area is 94.6 Å². The lowest BCUT2D eigenvalue weighted by Crippen LogP contribution is -2.01. The summed E-state index contributed by atoms with van der Waals surface area (Å²) < 4.78 is 1.83.